The van der Waals surface area contributed by atoms with E-state index in [1.165, 1.54) is 18.4 Å². The molecule has 3 heteroatoms. The van der Waals surface area contributed by atoms with Gasteiger partial charge in [-0.25, -0.2) is 0 Å². The molecule has 96 valence electrons. The molecule has 1 saturated carbocycles. The number of aliphatic imine (C=N–C) groups is 1. The molecule has 0 spiro atoms. The molecule has 1 heterocycles. The van der Waals surface area contributed by atoms with Crippen molar-refractivity contribution in [3.63, 3.8) is 0 Å². The summed E-state index contributed by atoms with van der Waals surface area (Å²) in [5, 5.41) is 3.57. The molecule has 1 aromatic carbocycles. The van der Waals surface area contributed by atoms with E-state index in [4.69, 9.17) is 0 Å². The fraction of sp³-hybridized carbons (Fsp3) is 0.533. The van der Waals surface area contributed by atoms with Gasteiger partial charge in [0.15, 0.2) is 5.96 Å². The van der Waals surface area contributed by atoms with Gasteiger partial charge in [-0.2, -0.15) is 0 Å². The van der Waals surface area contributed by atoms with Crippen LogP contribution in [0.2, 0.25) is 0 Å². The second-order valence-electron chi connectivity index (χ2n) is 5.80. The van der Waals surface area contributed by atoms with Crippen LogP contribution in [0.1, 0.15) is 25.3 Å². The third-order valence-corrected chi connectivity index (χ3v) is 4.26. The molecule has 0 radical (unpaired) electrons. The molecule has 3 rings (SSSR count). The van der Waals surface area contributed by atoms with Crippen LogP contribution in [-0.2, 0) is 5.41 Å². The Hall–Kier alpha value is -1.51. The highest BCUT2D eigenvalue weighted by Crippen LogP contribution is 2.43. The number of likely N-dealkylation sites (N-methyl/N-ethyl adjacent to an activating group) is 1. The van der Waals surface area contributed by atoms with Gasteiger partial charge in [-0.15, -0.1) is 0 Å². The van der Waals surface area contributed by atoms with E-state index in [1.54, 1.807) is 0 Å². The SMILES string of the molecule is CN1CCN=C1NC1CC(C)(c2ccccc2)C1. The molecule has 0 atom stereocenters. The Bertz CT molecular complexity index is 446. The highest BCUT2D eigenvalue weighted by atomic mass is 15.3. The minimum absolute atomic E-state index is 0.344. The summed E-state index contributed by atoms with van der Waals surface area (Å²) in [6.07, 6.45) is 2.40. The van der Waals surface area contributed by atoms with E-state index >= 15 is 0 Å². The lowest BCUT2D eigenvalue weighted by Gasteiger charge is -2.46. The quantitative estimate of drug-likeness (QED) is 0.860. The number of rotatable bonds is 2. The number of guanidine groups is 1. The summed E-state index contributed by atoms with van der Waals surface area (Å²) in [6.45, 7) is 4.34. The molecule has 0 saturated heterocycles. The van der Waals surface area contributed by atoms with Crippen LogP contribution in [0.25, 0.3) is 0 Å². The highest BCUT2D eigenvalue weighted by Gasteiger charge is 2.42. The van der Waals surface area contributed by atoms with Crippen molar-refractivity contribution in [2.24, 2.45) is 4.99 Å². The van der Waals surface area contributed by atoms with Crippen LogP contribution in [0, 0.1) is 0 Å². The largest absolute Gasteiger partial charge is 0.353 e. The van der Waals surface area contributed by atoms with Crippen molar-refractivity contribution < 1.29 is 0 Å². The molecule has 0 aromatic heterocycles. The monoisotopic (exact) mass is 243 g/mol. The summed E-state index contributed by atoms with van der Waals surface area (Å²) >= 11 is 0. The van der Waals surface area contributed by atoms with E-state index in [1.807, 2.05) is 0 Å². The molecule has 2 aliphatic rings. The first-order valence-electron chi connectivity index (χ1n) is 6.75. The van der Waals surface area contributed by atoms with Crippen molar-refractivity contribution >= 4 is 5.96 Å². The summed E-state index contributed by atoms with van der Waals surface area (Å²) in [6, 6.07) is 11.4. The van der Waals surface area contributed by atoms with Gasteiger partial charge < -0.3 is 10.2 Å². The Kier molecular flexibility index (Phi) is 2.77. The lowest BCUT2D eigenvalue weighted by Crippen LogP contribution is -2.53. The zero-order valence-electron chi connectivity index (χ0n) is 11.2. The Morgan fingerprint density at radius 2 is 2.00 bits per heavy atom. The number of benzene rings is 1. The van der Waals surface area contributed by atoms with Crippen molar-refractivity contribution in [1.82, 2.24) is 10.2 Å². The Labute approximate surface area is 109 Å². The predicted octanol–water partition coefficient (Wildman–Crippen LogP) is 2.00. The summed E-state index contributed by atoms with van der Waals surface area (Å²) in [7, 11) is 2.11. The first-order valence-corrected chi connectivity index (χ1v) is 6.75. The van der Waals surface area contributed by atoms with E-state index in [2.05, 4.69) is 59.5 Å². The highest BCUT2D eigenvalue weighted by molar-refractivity contribution is 5.81. The van der Waals surface area contributed by atoms with Crippen molar-refractivity contribution in [2.45, 2.75) is 31.2 Å². The van der Waals surface area contributed by atoms with Crippen LogP contribution in [0.4, 0.5) is 0 Å². The van der Waals surface area contributed by atoms with Gasteiger partial charge in [-0.3, -0.25) is 4.99 Å². The molecule has 18 heavy (non-hydrogen) atoms. The van der Waals surface area contributed by atoms with Gasteiger partial charge in [0.25, 0.3) is 0 Å². The molecule has 1 aliphatic carbocycles. The fourth-order valence-corrected chi connectivity index (χ4v) is 3.08. The summed E-state index contributed by atoms with van der Waals surface area (Å²) < 4.78 is 0. The lowest BCUT2D eigenvalue weighted by atomic mass is 9.63. The minimum Gasteiger partial charge on any atom is -0.353 e. The van der Waals surface area contributed by atoms with E-state index in [9.17, 15) is 0 Å². The van der Waals surface area contributed by atoms with Gasteiger partial charge in [0.1, 0.15) is 0 Å². The van der Waals surface area contributed by atoms with Crippen LogP contribution in [0.3, 0.4) is 0 Å². The van der Waals surface area contributed by atoms with Crippen LogP contribution >= 0.6 is 0 Å². The average Bonchev–Trinajstić information content (AvgIpc) is 2.74. The summed E-state index contributed by atoms with van der Waals surface area (Å²) in [4.78, 5) is 6.70. The minimum atomic E-state index is 0.344. The Morgan fingerprint density at radius 1 is 1.28 bits per heavy atom. The third kappa shape index (κ3) is 1.98. The molecule has 1 aromatic rings. The van der Waals surface area contributed by atoms with Crippen LogP contribution in [0.15, 0.2) is 35.3 Å². The molecule has 0 amide bonds. The van der Waals surface area contributed by atoms with E-state index in [-0.39, 0.29) is 0 Å². The predicted molar refractivity (Wildman–Crippen MR) is 74.9 cm³/mol. The average molecular weight is 243 g/mol. The van der Waals surface area contributed by atoms with Gasteiger partial charge in [0, 0.05) is 19.6 Å². The molecular weight excluding hydrogens is 222 g/mol. The van der Waals surface area contributed by atoms with Crippen LogP contribution in [0.5, 0.6) is 0 Å². The molecule has 3 nitrogen and oxygen atoms in total. The Balaban J connectivity index is 1.60. The molecule has 0 bridgehead atoms. The van der Waals surface area contributed by atoms with E-state index in [0.717, 1.165) is 19.0 Å². The standard InChI is InChI=1S/C15H21N3/c1-15(12-6-4-3-5-7-12)10-13(11-15)17-14-16-8-9-18(14)2/h3-7,13H,8-11H2,1-2H3,(H,16,17). The second kappa shape index (κ2) is 4.30. The van der Waals surface area contributed by atoms with Gasteiger partial charge in [0.2, 0.25) is 0 Å². The maximum atomic E-state index is 4.49. The van der Waals surface area contributed by atoms with Crippen molar-refractivity contribution in [3.05, 3.63) is 35.9 Å². The van der Waals surface area contributed by atoms with Crippen LogP contribution in [-0.4, -0.2) is 37.0 Å². The van der Waals surface area contributed by atoms with Crippen molar-refractivity contribution in [1.29, 1.82) is 0 Å². The number of nitrogens with zero attached hydrogens (tertiary/aromatic N) is 2. The Morgan fingerprint density at radius 3 is 2.61 bits per heavy atom. The smallest absolute Gasteiger partial charge is 0.194 e. The summed E-state index contributed by atoms with van der Waals surface area (Å²) in [5.74, 6) is 1.08. The topological polar surface area (TPSA) is 27.6 Å². The lowest BCUT2D eigenvalue weighted by molar-refractivity contribution is 0.206. The molecule has 1 aliphatic heterocycles. The van der Waals surface area contributed by atoms with Gasteiger partial charge in [-0.05, 0) is 23.8 Å². The maximum absolute atomic E-state index is 4.49. The third-order valence-electron chi connectivity index (χ3n) is 4.26. The molecule has 1 fully saturated rings. The van der Waals surface area contributed by atoms with Gasteiger partial charge in [-0.1, -0.05) is 37.3 Å². The molecular formula is C15H21N3. The number of nitrogens with one attached hydrogen (secondary N) is 1. The normalized spacial score (nSPS) is 30.9. The van der Waals surface area contributed by atoms with Crippen molar-refractivity contribution in [3.8, 4) is 0 Å². The zero-order valence-corrected chi connectivity index (χ0v) is 11.2. The second-order valence-corrected chi connectivity index (χ2v) is 5.80. The number of hydrogen-bond donors (Lipinski definition) is 1. The summed E-state index contributed by atoms with van der Waals surface area (Å²) in [5.41, 5.74) is 1.81. The van der Waals surface area contributed by atoms with E-state index in [0.29, 0.717) is 11.5 Å². The fourth-order valence-electron chi connectivity index (χ4n) is 3.08. The number of hydrogen-bond acceptors (Lipinski definition) is 3. The van der Waals surface area contributed by atoms with Gasteiger partial charge in [0.05, 0.1) is 6.54 Å². The van der Waals surface area contributed by atoms with Gasteiger partial charge >= 0.3 is 0 Å². The maximum Gasteiger partial charge on any atom is 0.194 e. The molecule has 0 unspecified atom stereocenters. The van der Waals surface area contributed by atoms with Crippen LogP contribution < -0.4 is 5.32 Å². The zero-order chi connectivity index (χ0) is 12.6. The van der Waals surface area contributed by atoms with E-state index < -0.39 is 0 Å². The van der Waals surface area contributed by atoms with Crippen molar-refractivity contribution in [2.75, 3.05) is 20.1 Å². The molecule has 1 N–H and O–H groups in total. The first kappa shape index (κ1) is 11.6. The first-order chi connectivity index (χ1) is 8.67.